The van der Waals surface area contributed by atoms with Crippen LogP contribution in [0.3, 0.4) is 0 Å². The van der Waals surface area contributed by atoms with Crippen LogP contribution in [0.4, 0.5) is 4.79 Å². The molecule has 0 spiro atoms. The van der Waals surface area contributed by atoms with Crippen LogP contribution in [0.25, 0.3) is 17.0 Å². The third-order valence-corrected chi connectivity index (χ3v) is 5.97. The Hall–Kier alpha value is -2.79. The number of thioether (sulfide) groups is 1. The summed E-state index contributed by atoms with van der Waals surface area (Å²) in [5.74, 6) is -0.184. The fourth-order valence-corrected chi connectivity index (χ4v) is 4.50. The third kappa shape index (κ3) is 3.27. The van der Waals surface area contributed by atoms with Crippen molar-refractivity contribution in [2.75, 3.05) is 6.54 Å². The van der Waals surface area contributed by atoms with Crippen LogP contribution in [0.1, 0.15) is 30.2 Å². The molecule has 28 heavy (non-hydrogen) atoms. The number of hydrogen-bond acceptors (Lipinski definition) is 3. The van der Waals surface area contributed by atoms with Crippen molar-refractivity contribution in [3.05, 3.63) is 76.3 Å². The Kier molecular flexibility index (Phi) is 5.09. The Morgan fingerprint density at radius 2 is 1.71 bits per heavy atom. The summed E-state index contributed by atoms with van der Waals surface area (Å²) < 4.78 is 2.27. The number of carbonyl (C=O) groups is 2. The van der Waals surface area contributed by atoms with Gasteiger partial charge >= 0.3 is 0 Å². The van der Waals surface area contributed by atoms with Gasteiger partial charge in [-0.25, -0.2) is 0 Å². The smallest absolute Gasteiger partial charge is 0.293 e. The summed E-state index contributed by atoms with van der Waals surface area (Å²) in [7, 11) is 0. The molecule has 0 aliphatic carbocycles. The van der Waals surface area contributed by atoms with Crippen molar-refractivity contribution in [1.29, 1.82) is 0 Å². The minimum absolute atomic E-state index is 0.177. The maximum absolute atomic E-state index is 12.7. The Morgan fingerprint density at radius 3 is 2.46 bits per heavy atom. The molecule has 2 heterocycles. The van der Waals surface area contributed by atoms with Crippen molar-refractivity contribution in [3.8, 4) is 0 Å². The van der Waals surface area contributed by atoms with Crippen molar-refractivity contribution < 1.29 is 9.59 Å². The summed E-state index contributed by atoms with van der Waals surface area (Å²) in [6.45, 7) is 5.27. The van der Waals surface area contributed by atoms with Gasteiger partial charge in [0.05, 0.1) is 4.91 Å². The van der Waals surface area contributed by atoms with Gasteiger partial charge in [0.1, 0.15) is 0 Å². The fourth-order valence-electron chi connectivity index (χ4n) is 3.66. The number of hydrogen-bond donors (Lipinski definition) is 0. The average Bonchev–Trinajstić information content (AvgIpc) is 3.12. The predicted octanol–water partition coefficient (Wildman–Crippen LogP) is 5.44. The lowest BCUT2D eigenvalue weighted by Crippen LogP contribution is -2.28. The van der Waals surface area contributed by atoms with Crippen molar-refractivity contribution >= 4 is 39.9 Å². The molecular weight excluding hydrogens is 368 g/mol. The van der Waals surface area contributed by atoms with Gasteiger partial charge in [0.15, 0.2) is 0 Å². The number of fused-ring (bicyclic) bond motifs is 1. The lowest BCUT2D eigenvalue weighted by atomic mass is 10.1. The summed E-state index contributed by atoms with van der Waals surface area (Å²) in [4.78, 5) is 26.7. The van der Waals surface area contributed by atoms with E-state index in [4.69, 9.17) is 0 Å². The number of carbonyl (C=O) groups excluding carboxylic acids is 2. The zero-order valence-corrected chi connectivity index (χ0v) is 16.8. The van der Waals surface area contributed by atoms with Crippen LogP contribution in [-0.4, -0.2) is 27.2 Å². The van der Waals surface area contributed by atoms with E-state index in [0.717, 1.165) is 46.9 Å². The van der Waals surface area contributed by atoms with Crippen LogP contribution in [0, 0.1) is 6.92 Å². The van der Waals surface area contributed by atoms with E-state index in [2.05, 4.69) is 35.8 Å². The van der Waals surface area contributed by atoms with Crippen LogP contribution in [-0.2, 0) is 11.3 Å². The highest BCUT2D eigenvalue weighted by atomic mass is 32.2. The summed E-state index contributed by atoms with van der Waals surface area (Å²) in [6, 6.07) is 18.5. The van der Waals surface area contributed by atoms with Crippen LogP contribution >= 0.6 is 11.8 Å². The van der Waals surface area contributed by atoms with E-state index in [1.807, 2.05) is 43.3 Å². The number of rotatable bonds is 5. The van der Waals surface area contributed by atoms with Crippen LogP contribution < -0.4 is 0 Å². The van der Waals surface area contributed by atoms with Gasteiger partial charge in [0.25, 0.3) is 11.1 Å². The number of aromatic nitrogens is 1. The molecule has 4 nitrogen and oxygen atoms in total. The van der Waals surface area contributed by atoms with Gasteiger partial charge in [-0.1, -0.05) is 55.5 Å². The average molecular weight is 391 g/mol. The second kappa shape index (κ2) is 7.68. The number of amides is 2. The number of para-hydroxylation sites is 1. The molecule has 1 aliphatic heterocycles. The lowest BCUT2D eigenvalue weighted by molar-refractivity contribution is -0.122. The van der Waals surface area contributed by atoms with E-state index in [9.17, 15) is 9.59 Å². The number of imide groups is 1. The molecule has 1 saturated heterocycles. The maximum Gasteiger partial charge on any atom is 0.293 e. The molecule has 0 atom stereocenters. The highest BCUT2D eigenvalue weighted by Gasteiger charge is 2.34. The topological polar surface area (TPSA) is 42.3 Å². The van der Waals surface area contributed by atoms with E-state index in [1.165, 1.54) is 10.5 Å². The molecule has 0 N–H and O–H groups in total. The first kappa shape index (κ1) is 18.6. The first-order valence-corrected chi connectivity index (χ1v) is 10.3. The van der Waals surface area contributed by atoms with Gasteiger partial charge in [0, 0.05) is 35.2 Å². The van der Waals surface area contributed by atoms with E-state index in [0.29, 0.717) is 11.4 Å². The molecule has 1 aromatic heterocycles. The molecule has 1 aliphatic rings. The summed E-state index contributed by atoms with van der Waals surface area (Å²) >= 11 is 1.04. The molecule has 142 valence electrons. The molecule has 3 aromatic rings. The molecule has 2 aromatic carbocycles. The Morgan fingerprint density at radius 1 is 1.00 bits per heavy atom. The van der Waals surface area contributed by atoms with Crippen molar-refractivity contribution in [1.82, 2.24) is 9.47 Å². The zero-order valence-electron chi connectivity index (χ0n) is 16.0. The number of nitrogens with zero attached hydrogens (tertiary/aromatic N) is 2. The molecule has 4 rings (SSSR count). The van der Waals surface area contributed by atoms with Gasteiger partial charge in [-0.15, -0.1) is 0 Å². The lowest BCUT2D eigenvalue weighted by Gasteiger charge is -2.09. The van der Waals surface area contributed by atoms with E-state index in [-0.39, 0.29) is 11.1 Å². The van der Waals surface area contributed by atoms with Crippen LogP contribution in [0.2, 0.25) is 0 Å². The number of benzene rings is 2. The molecule has 0 bridgehead atoms. The van der Waals surface area contributed by atoms with Gasteiger partial charge in [-0.2, -0.15) is 0 Å². The minimum Gasteiger partial charge on any atom is -0.340 e. The Labute approximate surface area is 168 Å². The molecule has 2 amide bonds. The quantitative estimate of drug-likeness (QED) is 0.545. The zero-order chi connectivity index (χ0) is 19.7. The fraction of sp³-hybridized carbons (Fsp3) is 0.217. The van der Waals surface area contributed by atoms with Crippen molar-refractivity contribution in [2.24, 2.45) is 0 Å². The van der Waals surface area contributed by atoms with E-state index >= 15 is 0 Å². The summed E-state index contributed by atoms with van der Waals surface area (Å²) in [6.07, 6.45) is 2.65. The molecular formula is C23H22N2O2S. The van der Waals surface area contributed by atoms with E-state index in [1.54, 1.807) is 0 Å². The van der Waals surface area contributed by atoms with Gasteiger partial charge < -0.3 is 4.57 Å². The second-order valence-corrected chi connectivity index (χ2v) is 7.91. The highest BCUT2D eigenvalue weighted by Crippen LogP contribution is 2.35. The Bertz CT molecular complexity index is 1080. The largest absolute Gasteiger partial charge is 0.340 e. The van der Waals surface area contributed by atoms with Crippen molar-refractivity contribution in [2.45, 2.75) is 26.8 Å². The highest BCUT2D eigenvalue weighted by molar-refractivity contribution is 8.18. The normalized spacial score (nSPS) is 15.9. The molecule has 0 radical (unpaired) electrons. The molecule has 5 heteroatoms. The first-order valence-electron chi connectivity index (χ1n) is 9.47. The van der Waals surface area contributed by atoms with Gasteiger partial charge in [-0.3, -0.25) is 14.5 Å². The SMILES string of the molecule is CCCN1C(=O)S/C(=C/c2c(C)n(Cc3ccccc3)c3ccccc23)C1=O. The van der Waals surface area contributed by atoms with Crippen LogP contribution in [0.15, 0.2) is 59.5 Å². The first-order chi connectivity index (χ1) is 13.6. The van der Waals surface area contributed by atoms with Crippen LogP contribution in [0.5, 0.6) is 0 Å². The molecule has 1 fully saturated rings. The van der Waals surface area contributed by atoms with E-state index < -0.39 is 0 Å². The molecule has 0 saturated carbocycles. The summed E-state index contributed by atoms with van der Waals surface area (Å²) in [5.41, 5.74) is 4.45. The predicted molar refractivity (Wildman–Crippen MR) is 115 cm³/mol. The third-order valence-electron chi connectivity index (χ3n) is 5.06. The second-order valence-electron chi connectivity index (χ2n) is 6.92. The van der Waals surface area contributed by atoms with Crippen molar-refractivity contribution in [3.63, 3.8) is 0 Å². The van der Waals surface area contributed by atoms with Gasteiger partial charge in [0.2, 0.25) is 0 Å². The maximum atomic E-state index is 12.7. The minimum atomic E-state index is -0.184. The standard InChI is InChI=1S/C23H22N2O2S/c1-3-13-24-22(26)21(28-23(24)27)14-19-16(2)25(15-17-9-5-4-6-10-17)20-12-8-7-11-18(19)20/h4-12,14H,3,13,15H2,1-2H3/b21-14+. The Balaban J connectivity index is 1.79. The van der Waals surface area contributed by atoms with Gasteiger partial charge in [-0.05, 0) is 42.8 Å². The molecule has 0 unspecified atom stereocenters. The summed E-state index contributed by atoms with van der Waals surface area (Å²) in [5, 5.41) is 0.919. The monoisotopic (exact) mass is 390 g/mol.